The summed E-state index contributed by atoms with van der Waals surface area (Å²) in [5, 5.41) is 0. The molecule has 1 rings (SSSR count). The molecule has 1 aromatic heterocycles. The van der Waals surface area contributed by atoms with Gasteiger partial charge in [0, 0.05) is 6.42 Å². The Kier molecular flexibility index (Phi) is 2.66. The summed E-state index contributed by atoms with van der Waals surface area (Å²) in [6, 6.07) is 0. The van der Waals surface area contributed by atoms with Gasteiger partial charge in [-0.1, -0.05) is 6.92 Å². The van der Waals surface area contributed by atoms with E-state index in [1.165, 1.54) is 0 Å². The summed E-state index contributed by atoms with van der Waals surface area (Å²) in [5.41, 5.74) is 0.812. The molecule has 0 amide bonds. The maximum absolute atomic E-state index is 10.7. The summed E-state index contributed by atoms with van der Waals surface area (Å²) in [4.78, 5) is 17.3. The van der Waals surface area contributed by atoms with Crippen LogP contribution in [0.15, 0.2) is 12.5 Å². The molecule has 0 aliphatic heterocycles. The molecule has 0 bridgehead atoms. The lowest BCUT2D eigenvalue weighted by Crippen LogP contribution is -2.02. The molecule has 1 aromatic rings. The number of carbonyl (C=O) groups is 1. The number of esters is 1. The second-order valence-corrected chi connectivity index (χ2v) is 2.09. The van der Waals surface area contributed by atoms with Gasteiger partial charge < -0.3 is 9.72 Å². The number of nitrogens with one attached hydrogen (secondary N) is 1. The van der Waals surface area contributed by atoms with E-state index >= 15 is 0 Å². The largest absolute Gasteiger partial charge is 0.459 e. The number of hydrogen-bond acceptors (Lipinski definition) is 3. The lowest BCUT2D eigenvalue weighted by molar-refractivity contribution is -0.144. The molecule has 0 aliphatic rings. The van der Waals surface area contributed by atoms with Crippen molar-refractivity contribution in [2.45, 2.75) is 20.0 Å². The first-order valence-electron chi connectivity index (χ1n) is 3.45. The van der Waals surface area contributed by atoms with Crippen LogP contribution in [0.2, 0.25) is 0 Å². The molecule has 1 N–H and O–H groups in total. The van der Waals surface area contributed by atoms with Crippen LogP contribution in [0.3, 0.4) is 0 Å². The molecule has 0 spiro atoms. The maximum atomic E-state index is 10.7. The van der Waals surface area contributed by atoms with Gasteiger partial charge in [0.15, 0.2) is 0 Å². The Morgan fingerprint density at radius 1 is 1.82 bits per heavy atom. The molecule has 0 aromatic carbocycles. The number of aromatic nitrogens is 2. The van der Waals surface area contributed by atoms with Crippen molar-refractivity contribution in [1.82, 2.24) is 9.97 Å². The van der Waals surface area contributed by atoms with Crippen molar-refractivity contribution in [2.24, 2.45) is 0 Å². The number of rotatable bonds is 3. The van der Waals surface area contributed by atoms with Gasteiger partial charge in [0.25, 0.3) is 0 Å². The summed E-state index contributed by atoms with van der Waals surface area (Å²) in [6.45, 7) is 2.04. The molecular formula is C7H10N2O2. The highest BCUT2D eigenvalue weighted by Gasteiger charge is 1.98. The summed E-state index contributed by atoms with van der Waals surface area (Å²) < 4.78 is 4.83. The van der Waals surface area contributed by atoms with Gasteiger partial charge in [-0.05, 0) is 0 Å². The Labute approximate surface area is 64.6 Å². The molecule has 0 aliphatic carbocycles. The van der Waals surface area contributed by atoms with Gasteiger partial charge in [0.2, 0.25) is 0 Å². The van der Waals surface area contributed by atoms with E-state index in [0.717, 1.165) is 5.69 Å². The zero-order chi connectivity index (χ0) is 8.10. The first-order chi connectivity index (χ1) is 5.33. The van der Waals surface area contributed by atoms with Crippen molar-refractivity contribution in [3.8, 4) is 0 Å². The van der Waals surface area contributed by atoms with Gasteiger partial charge in [-0.15, -0.1) is 0 Å². The van der Waals surface area contributed by atoms with E-state index in [0.29, 0.717) is 6.42 Å². The van der Waals surface area contributed by atoms with Crippen LogP contribution in [0, 0.1) is 0 Å². The van der Waals surface area contributed by atoms with E-state index in [1.807, 2.05) is 0 Å². The predicted octanol–water partition coefficient (Wildman–Crippen LogP) is 0.863. The molecule has 0 unspecified atom stereocenters. The average molecular weight is 154 g/mol. The maximum Gasteiger partial charge on any atom is 0.305 e. The molecule has 0 saturated carbocycles. The quantitative estimate of drug-likeness (QED) is 0.657. The van der Waals surface area contributed by atoms with Crippen molar-refractivity contribution < 1.29 is 9.53 Å². The predicted molar refractivity (Wildman–Crippen MR) is 38.7 cm³/mol. The third-order valence-corrected chi connectivity index (χ3v) is 1.23. The van der Waals surface area contributed by atoms with Crippen molar-refractivity contribution in [2.75, 3.05) is 0 Å². The van der Waals surface area contributed by atoms with Crippen LogP contribution in [-0.2, 0) is 16.1 Å². The third-order valence-electron chi connectivity index (χ3n) is 1.23. The lowest BCUT2D eigenvalue weighted by Gasteiger charge is -1.98. The number of ether oxygens (including phenoxy) is 1. The summed E-state index contributed by atoms with van der Waals surface area (Å²) in [6.07, 6.45) is 3.59. The first-order valence-corrected chi connectivity index (χ1v) is 3.45. The summed E-state index contributed by atoms with van der Waals surface area (Å²) in [7, 11) is 0. The van der Waals surface area contributed by atoms with Gasteiger partial charge in [-0.3, -0.25) is 4.79 Å². The Morgan fingerprint density at radius 2 is 2.64 bits per heavy atom. The fourth-order valence-electron chi connectivity index (χ4n) is 0.624. The first kappa shape index (κ1) is 7.78. The minimum atomic E-state index is -0.195. The fraction of sp³-hybridized carbons (Fsp3) is 0.429. The third kappa shape index (κ3) is 2.41. The van der Waals surface area contributed by atoms with Crippen LogP contribution in [0.1, 0.15) is 19.0 Å². The van der Waals surface area contributed by atoms with Crippen LogP contribution < -0.4 is 0 Å². The van der Waals surface area contributed by atoms with Crippen molar-refractivity contribution in [1.29, 1.82) is 0 Å². The number of carbonyl (C=O) groups excluding carboxylic acids is 1. The number of imidazole rings is 1. The van der Waals surface area contributed by atoms with Crippen molar-refractivity contribution in [3.05, 3.63) is 18.2 Å². The zero-order valence-corrected chi connectivity index (χ0v) is 6.33. The minimum absolute atomic E-state index is 0.195. The van der Waals surface area contributed by atoms with E-state index in [2.05, 4.69) is 9.97 Å². The van der Waals surface area contributed by atoms with Crippen LogP contribution in [-0.4, -0.2) is 15.9 Å². The van der Waals surface area contributed by atoms with E-state index in [9.17, 15) is 4.79 Å². The van der Waals surface area contributed by atoms with E-state index in [4.69, 9.17) is 4.74 Å². The molecule has 0 fully saturated rings. The van der Waals surface area contributed by atoms with E-state index < -0.39 is 0 Å². The topological polar surface area (TPSA) is 55.0 Å². The molecule has 0 saturated heterocycles. The smallest absolute Gasteiger partial charge is 0.305 e. The SMILES string of the molecule is CCC(=O)OCc1cnc[nH]1. The molecule has 0 radical (unpaired) electrons. The van der Waals surface area contributed by atoms with Gasteiger partial charge >= 0.3 is 5.97 Å². The molecule has 4 heteroatoms. The van der Waals surface area contributed by atoms with E-state index in [1.54, 1.807) is 19.4 Å². The molecular weight excluding hydrogens is 144 g/mol. The fourth-order valence-corrected chi connectivity index (χ4v) is 0.624. The summed E-state index contributed by atoms with van der Waals surface area (Å²) >= 11 is 0. The number of aromatic amines is 1. The lowest BCUT2D eigenvalue weighted by atomic mass is 10.5. The van der Waals surface area contributed by atoms with Gasteiger partial charge in [-0.25, -0.2) is 4.98 Å². The monoisotopic (exact) mass is 154 g/mol. The molecule has 0 atom stereocenters. The molecule has 60 valence electrons. The van der Waals surface area contributed by atoms with Crippen molar-refractivity contribution in [3.63, 3.8) is 0 Å². The highest BCUT2D eigenvalue weighted by Crippen LogP contribution is 1.95. The Morgan fingerprint density at radius 3 is 3.18 bits per heavy atom. The molecule has 1 heterocycles. The summed E-state index contributed by atoms with van der Waals surface area (Å²) in [5.74, 6) is -0.195. The minimum Gasteiger partial charge on any atom is -0.459 e. The number of hydrogen-bond donors (Lipinski definition) is 1. The highest BCUT2D eigenvalue weighted by atomic mass is 16.5. The second-order valence-electron chi connectivity index (χ2n) is 2.09. The normalized spacial score (nSPS) is 9.55. The van der Waals surface area contributed by atoms with E-state index in [-0.39, 0.29) is 12.6 Å². The van der Waals surface area contributed by atoms with Crippen LogP contribution in [0.4, 0.5) is 0 Å². The van der Waals surface area contributed by atoms with Gasteiger partial charge in [0.05, 0.1) is 18.2 Å². The molecule has 4 nitrogen and oxygen atoms in total. The Bertz CT molecular complexity index is 218. The second kappa shape index (κ2) is 3.75. The Balaban J connectivity index is 2.29. The van der Waals surface area contributed by atoms with Crippen LogP contribution in [0.25, 0.3) is 0 Å². The van der Waals surface area contributed by atoms with Crippen molar-refractivity contribution >= 4 is 5.97 Å². The average Bonchev–Trinajstić information content (AvgIpc) is 2.52. The van der Waals surface area contributed by atoms with Crippen LogP contribution >= 0.6 is 0 Å². The number of H-pyrrole nitrogens is 1. The molecule has 11 heavy (non-hydrogen) atoms. The number of nitrogens with zero attached hydrogens (tertiary/aromatic N) is 1. The van der Waals surface area contributed by atoms with Crippen LogP contribution in [0.5, 0.6) is 0 Å². The highest BCUT2D eigenvalue weighted by molar-refractivity contribution is 5.68. The van der Waals surface area contributed by atoms with Gasteiger partial charge in [0.1, 0.15) is 6.61 Å². The standard InChI is InChI=1S/C7H10N2O2/c1-2-7(10)11-4-6-3-8-5-9-6/h3,5H,2,4H2,1H3,(H,8,9). The Hall–Kier alpha value is -1.32. The van der Waals surface area contributed by atoms with Gasteiger partial charge in [-0.2, -0.15) is 0 Å². The zero-order valence-electron chi connectivity index (χ0n) is 6.33.